The SMILES string of the molecule is CN1CCN(Cc2ccc(F)cc2B(O)O)CC1.Cl. The van der Waals surface area contributed by atoms with Crippen LogP contribution in [0.15, 0.2) is 18.2 Å². The summed E-state index contributed by atoms with van der Waals surface area (Å²) in [7, 11) is 0.459. The largest absolute Gasteiger partial charge is 0.488 e. The van der Waals surface area contributed by atoms with E-state index in [1.807, 2.05) is 0 Å². The molecule has 106 valence electrons. The van der Waals surface area contributed by atoms with Crippen molar-refractivity contribution in [3.63, 3.8) is 0 Å². The van der Waals surface area contributed by atoms with Gasteiger partial charge in [-0.25, -0.2) is 4.39 Å². The van der Waals surface area contributed by atoms with E-state index in [2.05, 4.69) is 16.8 Å². The summed E-state index contributed by atoms with van der Waals surface area (Å²) in [6, 6.07) is 4.18. The molecule has 1 saturated heterocycles. The molecule has 1 aromatic rings. The van der Waals surface area contributed by atoms with Crippen LogP contribution < -0.4 is 5.46 Å². The summed E-state index contributed by atoms with van der Waals surface area (Å²) < 4.78 is 13.1. The summed E-state index contributed by atoms with van der Waals surface area (Å²) in [5, 5.41) is 18.5. The van der Waals surface area contributed by atoms with Crippen molar-refractivity contribution >= 4 is 25.0 Å². The van der Waals surface area contributed by atoms with Crippen LogP contribution in [-0.2, 0) is 6.54 Å². The Hall–Kier alpha value is -0.655. The number of hydrogen-bond donors (Lipinski definition) is 2. The maximum absolute atomic E-state index is 13.1. The third-order valence-corrected chi connectivity index (χ3v) is 3.38. The minimum Gasteiger partial charge on any atom is -0.423 e. The van der Waals surface area contributed by atoms with Crippen LogP contribution in [0.3, 0.4) is 0 Å². The molecular weight excluding hydrogens is 269 g/mol. The average molecular weight is 289 g/mol. The Bertz CT molecular complexity index is 415. The van der Waals surface area contributed by atoms with Crippen molar-refractivity contribution in [2.24, 2.45) is 0 Å². The molecule has 19 heavy (non-hydrogen) atoms. The zero-order valence-corrected chi connectivity index (χ0v) is 11.7. The highest BCUT2D eigenvalue weighted by Gasteiger charge is 2.20. The second-order valence-electron chi connectivity index (χ2n) is 4.80. The Kier molecular flexibility index (Phi) is 6.23. The summed E-state index contributed by atoms with van der Waals surface area (Å²) >= 11 is 0. The molecule has 0 spiro atoms. The predicted molar refractivity (Wildman–Crippen MR) is 76.2 cm³/mol. The fourth-order valence-electron chi connectivity index (χ4n) is 2.20. The molecule has 7 heteroatoms. The Morgan fingerprint density at radius 2 is 1.84 bits per heavy atom. The Balaban J connectivity index is 0.00000180. The van der Waals surface area contributed by atoms with Crippen LogP contribution in [0.2, 0.25) is 0 Å². The first kappa shape index (κ1) is 16.4. The molecule has 1 fully saturated rings. The zero-order chi connectivity index (χ0) is 13.1. The van der Waals surface area contributed by atoms with Gasteiger partial charge in [0.1, 0.15) is 5.82 Å². The van der Waals surface area contributed by atoms with Gasteiger partial charge in [-0.15, -0.1) is 12.4 Å². The van der Waals surface area contributed by atoms with Gasteiger partial charge >= 0.3 is 7.12 Å². The first-order valence-corrected chi connectivity index (χ1v) is 6.11. The van der Waals surface area contributed by atoms with Gasteiger partial charge in [0.15, 0.2) is 0 Å². The molecule has 0 aromatic heterocycles. The maximum Gasteiger partial charge on any atom is 0.488 e. The smallest absolute Gasteiger partial charge is 0.423 e. The highest BCUT2D eigenvalue weighted by atomic mass is 35.5. The van der Waals surface area contributed by atoms with E-state index in [-0.39, 0.29) is 17.9 Å². The summed E-state index contributed by atoms with van der Waals surface area (Å²) in [6.07, 6.45) is 0. The van der Waals surface area contributed by atoms with E-state index in [9.17, 15) is 14.4 Å². The number of benzene rings is 1. The maximum atomic E-state index is 13.1. The summed E-state index contributed by atoms with van der Waals surface area (Å²) in [4.78, 5) is 4.49. The fraction of sp³-hybridized carbons (Fsp3) is 0.500. The van der Waals surface area contributed by atoms with E-state index in [1.165, 1.54) is 12.1 Å². The number of rotatable bonds is 3. The van der Waals surface area contributed by atoms with Crippen LogP contribution in [-0.4, -0.2) is 60.2 Å². The molecule has 1 aromatic carbocycles. The Labute approximate surface area is 119 Å². The zero-order valence-electron chi connectivity index (χ0n) is 10.9. The van der Waals surface area contributed by atoms with Gasteiger partial charge in [-0.05, 0) is 30.2 Å². The second-order valence-corrected chi connectivity index (χ2v) is 4.80. The topological polar surface area (TPSA) is 46.9 Å². The Morgan fingerprint density at radius 1 is 1.21 bits per heavy atom. The van der Waals surface area contributed by atoms with Crippen molar-refractivity contribution in [2.45, 2.75) is 6.54 Å². The third kappa shape index (κ3) is 4.44. The highest BCUT2D eigenvalue weighted by Crippen LogP contribution is 2.08. The van der Waals surface area contributed by atoms with Crippen molar-refractivity contribution in [3.8, 4) is 0 Å². The lowest BCUT2D eigenvalue weighted by atomic mass is 9.77. The Morgan fingerprint density at radius 3 is 2.42 bits per heavy atom. The molecule has 1 aliphatic rings. The third-order valence-electron chi connectivity index (χ3n) is 3.38. The molecule has 0 bridgehead atoms. The lowest BCUT2D eigenvalue weighted by molar-refractivity contribution is 0.148. The molecule has 1 aliphatic heterocycles. The number of piperazine rings is 1. The van der Waals surface area contributed by atoms with E-state index < -0.39 is 12.9 Å². The van der Waals surface area contributed by atoms with Crippen molar-refractivity contribution in [2.75, 3.05) is 33.2 Å². The van der Waals surface area contributed by atoms with Gasteiger partial charge in [-0.1, -0.05) is 6.07 Å². The lowest BCUT2D eigenvalue weighted by Gasteiger charge is -2.32. The van der Waals surface area contributed by atoms with Gasteiger partial charge < -0.3 is 14.9 Å². The molecule has 2 N–H and O–H groups in total. The van der Waals surface area contributed by atoms with E-state index in [4.69, 9.17) is 0 Å². The van der Waals surface area contributed by atoms with Crippen LogP contribution in [0, 0.1) is 5.82 Å². The molecule has 0 aliphatic carbocycles. The van der Waals surface area contributed by atoms with Crippen molar-refractivity contribution < 1.29 is 14.4 Å². The standard InChI is InChI=1S/C12H18BFN2O2.ClH/c1-15-4-6-16(7-5-15)9-10-2-3-11(14)8-12(10)13(17)18;/h2-3,8,17-18H,4-7,9H2,1H3;1H. The summed E-state index contributed by atoms with van der Waals surface area (Å²) in [6.45, 7) is 4.50. The molecule has 4 nitrogen and oxygen atoms in total. The molecule has 0 saturated carbocycles. The molecular formula is C12H19BClFN2O2. The van der Waals surface area contributed by atoms with Crippen LogP contribution in [0.25, 0.3) is 0 Å². The second kappa shape index (κ2) is 7.21. The molecule has 1 heterocycles. The number of halogens is 2. The lowest BCUT2D eigenvalue weighted by Crippen LogP contribution is -2.45. The quantitative estimate of drug-likeness (QED) is 0.748. The van der Waals surface area contributed by atoms with Crippen molar-refractivity contribution in [3.05, 3.63) is 29.6 Å². The van der Waals surface area contributed by atoms with Gasteiger partial charge in [0.25, 0.3) is 0 Å². The predicted octanol–water partition coefficient (Wildman–Crippen LogP) is -0.325. The summed E-state index contributed by atoms with van der Waals surface area (Å²) in [5.41, 5.74) is 1.03. The minimum atomic E-state index is -1.62. The van der Waals surface area contributed by atoms with Crippen LogP contribution in [0.4, 0.5) is 4.39 Å². The van der Waals surface area contributed by atoms with E-state index in [0.717, 1.165) is 31.7 Å². The van der Waals surface area contributed by atoms with Crippen molar-refractivity contribution in [1.29, 1.82) is 0 Å². The molecule has 0 unspecified atom stereocenters. The van der Waals surface area contributed by atoms with E-state index in [1.54, 1.807) is 6.07 Å². The van der Waals surface area contributed by atoms with E-state index in [0.29, 0.717) is 6.54 Å². The van der Waals surface area contributed by atoms with Crippen LogP contribution in [0.5, 0.6) is 0 Å². The van der Waals surface area contributed by atoms with Crippen molar-refractivity contribution in [1.82, 2.24) is 9.80 Å². The number of likely N-dealkylation sites (N-methyl/N-ethyl adjacent to an activating group) is 1. The monoisotopic (exact) mass is 288 g/mol. The first-order chi connectivity index (χ1) is 8.56. The molecule has 0 radical (unpaired) electrons. The highest BCUT2D eigenvalue weighted by molar-refractivity contribution is 6.59. The van der Waals surface area contributed by atoms with Crippen LogP contribution in [0.1, 0.15) is 5.56 Å². The van der Waals surface area contributed by atoms with E-state index >= 15 is 0 Å². The van der Waals surface area contributed by atoms with Gasteiger partial charge in [-0.2, -0.15) is 0 Å². The molecule has 0 amide bonds. The fourth-order valence-corrected chi connectivity index (χ4v) is 2.20. The molecule has 0 atom stereocenters. The first-order valence-electron chi connectivity index (χ1n) is 6.11. The van der Waals surface area contributed by atoms with Crippen LogP contribution >= 0.6 is 12.4 Å². The normalized spacial score (nSPS) is 17.1. The summed E-state index contributed by atoms with van der Waals surface area (Å²) in [5.74, 6) is -0.444. The van der Waals surface area contributed by atoms with Gasteiger partial charge in [-0.3, -0.25) is 4.90 Å². The number of nitrogens with zero attached hydrogens (tertiary/aromatic N) is 2. The minimum absolute atomic E-state index is 0. The van der Waals surface area contributed by atoms with Gasteiger partial charge in [0.05, 0.1) is 0 Å². The average Bonchev–Trinajstić information content (AvgIpc) is 2.34. The van der Waals surface area contributed by atoms with Gasteiger partial charge in [0.2, 0.25) is 0 Å². The van der Waals surface area contributed by atoms with Gasteiger partial charge in [0, 0.05) is 32.7 Å². The molecule has 2 rings (SSSR count). The number of hydrogen-bond acceptors (Lipinski definition) is 4.